The quantitative estimate of drug-likeness (QED) is 0.147. The van der Waals surface area contributed by atoms with Crippen molar-refractivity contribution in [3.63, 3.8) is 0 Å². The number of rotatable bonds is 5. The Morgan fingerprint density at radius 3 is 2.17 bits per heavy atom. The molecular formula is C21H10F7N3O4. The molecule has 2 heterocycles. The number of benzene rings is 2. The van der Waals surface area contributed by atoms with Crippen LogP contribution in [0.25, 0.3) is 11.0 Å². The van der Waals surface area contributed by atoms with E-state index in [9.17, 15) is 45.4 Å². The van der Waals surface area contributed by atoms with Crippen molar-refractivity contribution in [2.75, 3.05) is 0 Å². The molecule has 0 saturated carbocycles. The molecule has 7 nitrogen and oxygen atoms in total. The minimum atomic E-state index is -2.45. The lowest BCUT2D eigenvalue weighted by molar-refractivity contribution is 0.102. The summed E-state index contributed by atoms with van der Waals surface area (Å²) in [6.07, 6.45) is -0.105. The van der Waals surface area contributed by atoms with E-state index in [4.69, 9.17) is 0 Å². The monoisotopic (exact) mass is 501 g/mol. The van der Waals surface area contributed by atoms with E-state index in [1.807, 2.05) is 0 Å². The first-order valence-electron chi connectivity index (χ1n) is 9.60. The smallest absolute Gasteiger partial charge is 0.336 e. The predicted molar refractivity (Wildman–Crippen MR) is 102 cm³/mol. The molecule has 182 valence electrons. The summed E-state index contributed by atoms with van der Waals surface area (Å²) < 4.78 is 102. The molecule has 0 amide bonds. The maximum absolute atomic E-state index is 14.2. The van der Waals surface area contributed by atoms with Gasteiger partial charge in [0.2, 0.25) is 17.4 Å². The van der Waals surface area contributed by atoms with Crippen LogP contribution in [0.3, 0.4) is 0 Å². The molecule has 0 spiro atoms. The van der Waals surface area contributed by atoms with Crippen LogP contribution in [0.1, 0.15) is 34.2 Å². The number of aromatic hydroxyl groups is 1. The highest BCUT2D eigenvalue weighted by Gasteiger charge is 2.33. The normalized spacial score (nSPS) is 11.4. The van der Waals surface area contributed by atoms with E-state index in [-0.39, 0.29) is 23.1 Å². The fourth-order valence-electron chi connectivity index (χ4n) is 3.48. The second kappa shape index (κ2) is 8.52. The summed E-state index contributed by atoms with van der Waals surface area (Å²) in [6.45, 7) is 0.964. The van der Waals surface area contributed by atoms with Gasteiger partial charge in [0.15, 0.2) is 46.1 Å². The Bertz CT molecular complexity index is 1570. The number of hydrogen-bond donors (Lipinski definition) is 1. The molecule has 35 heavy (non-hydrogen) atoms. The number of hydrogen-bond acceptors (Lipinski definition) is 6. The third-order valence-electron chi connectivity index (χ3n) is 5.13. The van der Waals surface area contributed by atoms with Crippen LogP contribution >= 0.6 is 0 Å². The summed E-state index contributed by atoms with van der Waals surface area (Å²) in [5.74, 6) is -17.8. The number of phenolic OH excluding ortho intramolecular Hbond substituents is 1. The van der Waals surface area contributed by atoms with Crippen molar-refractivity contribution in [1.29, 1.82) is 0 Å². The van der Waals surface area contributed by atoms with Gasteiger partial charge in [-0.3, -0.25) is 4.79 Å². The van der Waals surface area contributed by atoms with Crippen LogP contribution in [0.4, 0.5) is 30.7 Å². The molecule has 0 unspecified atom stereocenters. The van der Waals surface area contributed by atoms with Gasteiger partial charge in [-0.05, 0) is 18.1 Å². The Balaban J connectivity index is 1.84. The van der Waals surface area contributed by atoms with Gasteiger partial charge in [-0.25, -0.2) is 35.8 Å². The number of fused-ring (bicyclic) bond motifs is 1. The first-order valence-corrected chi connectivity index (χ1v) is 9.60. The molecule has 2 aromatic heterocycles. The molecule has 4 aromatic rings. The molecule has 0 fully saturated rings. The fraction of sp³-hybridized carbons (Fsp3) is 0.143. The van der Waals surface area contributed by atoms with Crippen molar-refractivity contribution in [3.05, 3.63) is 85.8 Å². The number of nitrogens with zero attached hydrogens (tertiary/aromatic N) is 3. The van der Waals surface area contributed by atoms with Gasteiger partial charge < -0.3 is 9.52 Å². The third kappa shape index (κ3) is 3.70. The lowest BCUT2D eigenvalue weighted by Crippen LogP contribution is -2.16. The average Bonchev–Trinajstić information content (AvgIpc) is 3.23. The van der Waals surface area contributed by atoms with Gasteiger partial charge in [0.05, 0.1) is 12.2 Å². The Labute approximate surface area is 189 Å². The van der Waals surface area contributed by atoms with E-state index in [1.54, 1.807) is 0 Å². The first-order chi connectivity index (χ1) is 16.5. The van der Waals surface area contributed by atoms with Crippen molar-refractivity contribution in [3.8, 4) is 5.75 Å². The summed E-state index contributed by atoms with van der Waals surface area (Å²) in [5, 5.41) is 16.2. The molecule has 0 atom stereocenters. The molecule has 1 N–H and O–H groups in total. The molecular weight excluding hydrogens is 491 g/mol. The maximum atomic E-state index is 14.2. The van der Waals surface area contributed by atoms with Crippen LogP contribution in [0.2, 0.25) is 0 Å². The van der Waals surface area contributed by atoms with Crippen molar-refractivity contribution in [1.82, 2.24) is 15.0 Å². The second-order valence-corrected chi connectivity index (χ2v) is 7.16. The molecule has 0 radical (unpaired) electrons. The van der Waals surface area contributed by atoms with Crippen LogP contribution < -0.4 is 5.63 Å². The largest absolute Gasteiger partial charge is 0.503 e. The molecule has 2 aromatic carbocycles. The van der Waals surface area contributed by atoms with Gasteiger partial charge in [-0.2, -0.15) is 4.39 Å². The van der Waals surface area contributed by atoms with Crippen LogP contribution in [0.5, 0.6) is 5.75 Å². The van der Waals surface area contributed by atoms with Gasteiger partial charge in [0.1, 0.15) is 5.56 Å². The van der Waals surface area contributed by atoms with E-state index in [1.165, 1.54) is 6.92 Å². The minimum Gasteiger partial charge on any atom is -0.503 e. The Hall–Kier alpha value is -4.23. The Morgan fingerprint density at radius 1 is 0.971 bits per heavy atom. The highest BCUT2D eigenvalue weighted by molar-refractivity contribution is 6.08. The van der Waals surface area contributed by atoms with E-state index < -0.39 is 81.3 Å². The van der Waals surface area contributed by atoms with E-state index in [0.29, 0.717) is 6.07 Å². The molecule has 0 bridgehead atoms. The van der Waals surface area contributed by atoms with Crippen molar-refractivity contribution < 1.29 is 45.1 Å². The molecule has 0 aliphatic heterocycles. The third-order valence-corrected chi connectivity index (χ3v) is 5.13. The number of phenols is 1. The van der Waals surface area contributed by atoms with Crippen LogP contribution in [-0.4, -0.2) is 25.9 Å². The standard InChI is InChI=1S/C21H10F7N3O4/c1-2-9-18(20(34)11-12(23)14(25)16(27)15(26)13(11)24)29-30-31(9)5-6-3-10(32)35-21-7(6)4-8(22)19(33)17(21)28/h3-4,33H,2,5H2,1H3. The van der Waals surface area contributed by atoms with Crippen molar-refractivity contribution in [2.45, 2.75) is 19.9 Å². The lowest BCUT2D eigenvalue weighted by atomic mass is 10.0. The zero-order valence-electron chi connectivity index (χ0n) is 17.2. The second-order valence-electron chi connectivity index (χ2n) is 7.16. The van der Waals surface area contributed by atoms with Crippen LogP contribution in [-0.2, 0) is 13.0 Å². The van der Waals surface area contributed by atoms with Crippen molar-refractivity contribution in [2.24, 2.45) is 0 Å². The summed E-state index contributed by atoms with van der Waals surface area (Å²) in [6, 6.07) is 1.51. The summed E-state index contributed by atoms with van der Waals surface area (Å²) in [4.78, 5) is 24.6. The number of carbonyl (C=O) groups excluding carboxylic acids is 1. The summed E-state index contributed by atoms with van der Waals surface area (Å²) in [7, 11) is 0. The van der Waals surface area contributed by atoms with Gasteiger partial charge in [-0.15, -0.1) is 5.10 Å². The summed E-state index contributed by atoms with van der Waals surface area (Å²) >= 11 is 0. The molecule has 0 aliphatic carbocycles. The minimum absolute atomic E-state index is 0.105. The number of carbonyl (C=O) groups is 1. The lowest BCUT2D eigenvalue weighted by Gasteiger charge is -2.10. The Morgan fingerprint density at radius 2 is 1.57 bits per heavy atom. The first kappa shape index (κ1) is 23.9. The maximum Gasteiger partial charge on any atom is 0.336 e. The molecule has 0 aliphatic rings. The topological polar surface area (TPSA) is 98.2 Å². The van der Waals surface area contributed by atoms with E-state index in [0.717, 1.165) is 10.7 Å². The molecule has 4 rings (SSSR count). The van der Waals surface area contributed by atoms with Crippen LogP contribution in [0, 0.1) is 40.7 Å². The summed E-state index contributed by atoms with van der Waals surface area (Å²) in [5.41, 5.74) is -4.62. The Kier molecular flexibility index (Phi) is 5.82. The SMILES string of the molecule is CCc1c(C(=O)c2c(F)c(F)c(F)c(F)c2F)nnn1Cc1cc(=O)oc2c(F)c(O)c(F)cc12. The van der Waals surface area contributed by atoms with E-state index >= 15 is 0 Å². The fourth-order valence-corrected chi connectivity index (χ4v) is 3.48. The average molecular weight is 501 g/mol. The van der Waals surface area contributed by atoms with Crippen LogP contribution in [0.15, 0.2) is 21.3 Å². The van der Waals surface area contributed by atoms with Gasteiger partial charge in [0.25, 0.3) is 0 Å². The predicted octanol–water partition coefficient (Wildman–Crippen LogP) is 3.91. The zero-order valence-corrected chi connectivity index (χ0v) is 17.2. The molecule has 0 saturated heterocycles. The highest BCUT2D eigenvalue weighted by Crippen LogP contribution is 2.31. The van der Waals surface area contributed by atoms with Crippen molar-refractivity contribution >= 4 is 16.8 Å². The highest BCUT2D eigenvalue weighted by atomic mass is 19.2. The van der Waals surface area contributed by atoms with Gasteiger partial charge in [-0.1, -0.05) is 12.1 Å². The van der Waals surface area contributed by atoms with E-state index in [2.05, 4.69) is 14.7 Å². The zero-order chi connectivity index (χ0) is 25.8. The number of aromatic nitrogens is 3. The number of ketones is 1. The number of halogens is 7. The van der Waals surface area contributed by atoms with Gasteiger partial charge in [0, 0.05) is 11.5 Å². The molecule has 14 heteroatoms. The van der Waals surface area contributed by atoms with Gasteiger partial charge >= 0.3 is 5.63 Å².